The minimum Gasteiger partial charge on any atom is -0.328 e. The van der Waals surface area contributed by atoms with Crippen molar-refractivity contribution in [1.29, 1.82) is 0 Å². The van der Waals surface area contributed by atoms with Gasteiger partial charge in [0.05, 0.1) is 18.8 Å². The summed E-state index contributed by atoms with van der Waals surface area (Å²) in [4.78, 5) is 19.4. The van der Waals surface area contributed by atoms with Gasteiger partial charge in [0.1, 0.15) is 0 Å². The van der Waals surface area contributed by atoms with Crippen LogP contribution in [-0.2, 0) is 4.84 Å². The summed E-state index contributed by atoms with van der Waals surface area (Å²) in [6, 6.07) is 17.7. The lowest BCUT2D eigenvalue weighted by atomic mass is 10.0. The molecule has 0 bridgehead atoms. The van der Waals surface area contributed by atoms with Crippen LogP contribution in [0.1, 0.15) is 16.8 Å². The summed E-state index contributed by atoms with van der Waals surface area (Å²) in [6.45, 7) is 0.402. The molecule has 2 aromatic rings. The Morgan fingerprint density at radius 1 is 1.17 bits per heavy atom. The van der Waals surface area contributed by atoms with Crippen molar-refractivity contribution in [2.24, 2.45) is 5.73 Å². The first-order chi connectivity index (χ1) is 11.7. The van der Waals surface area contributed by atoms with Gasteiger partial charge in [0.25, 0.3) is 5.91 Å². The molecule has 3 rings (SSSR count). The Morgan fingerprint density at radius 3 is 2.46 bits per heavy atom. The van der Waals surface area contributed by atoms with Crippen LogP contribution in [0, 0.1) is 0 Å². The second kappa shape index (κ2) is 7.29. The molecular weight excluding hydrogens is 302 g/mol. The largest absolute Gasteiger partial charge is 0.328 e. The predicted octanol–water partition coefficient (Wildman–Crippen LogP) is 2.52. The van der Waals surface area contributed by atoms with Crippen LogP contribution >= 0.6 is 0 Å². The highest BCUT2D eigenvalue weighted by atomic mass is 16.6. The molecule has 0 saturated heterocycles. The van der Waals surface area contributed by atoms with E-state index in [9.17, 15) is 4.79 Å². The van der Waals surface area contributed by atoms with Crippen molar-refractivity contribution in [3.05, 3.63) is 72.1 Å². The molecule has 1 aliphatic heterocycles. The normalized spacial score (nSPS) is 16.8. The molecule has 1 amide bonds. The van der Waals surface area contributed by atoms with Gasteiger partial charge < -0.3 is 10.6 Å². The average molecular weight is 323 g/mol. The molecule has 124 valence electrons. The molecule has 1 aliphatic rings. The first-order valence-electron chi connectivity index (χ1n) is 7.91. The van der Waals surface area contributed by atoms with Crippen molar-refractivity contribution in [2.45, 2.75) is 12.5 Å². The lowest BCUT2D eigenvalue weighted by molar-refractivity contribution is 0.0788. The van der Waals surface area contributed by atoms with Gasteiger partial charge in [-0.1, -0.05) is 42.5 Å². The van der Waals surface area contributed by atoms with Crippen LogP contribution in [-0.4, -0.2) is 30.5 Å². The molecule has 0 aromatic heterocycles. The average Bonchev–Trinajstić information content (AvgIpc) is 3.05. The molecule has 1 atom stereocenters. The van der Waals surface area contributed by atoms with Gasteiger partial charge in [-0.15, -0.1) is 0 Å². The zero-order valence-electron chi connectivity index (χ0n) is 13.6. The van der Waals surface area contributed by atoms with Crippen molar-refractivity contribution < 1.29 is 9.63 Å². The number of hydrogen-bond donors (Lipinski definition) is 2. The summed E-state index contributed by atoms with van der Waals surface area (Å²) < 4.78 is 0. The number of nitrogens with two attached hydrogens (primary N) is 1. The van der Waals surface area contributed by atoms with Gasteiger partial charge in [0.15, 0.2) is 0 Å². The van der Waals surface area contributed by atoms with Gasteiger partial charge in [-0.25, -0.2) is 0 Å². The fourth-order valence-corrected chi connectivity index (χ4v) is 2.88. The fraction of sp³-hybridized carbons (Fsp3) is 0.211. The van der Waals surface area contributed by atoms with E-state index in [1.165, 1.54) is 0 Å². The molecule has 5 nitrogen and oxygen atoms in total. The van der Waals surface area contributed by atoms with E-state index in [4.69, 9.17) is 10.6 Å². The summed E-state index contributed by atoms with van der Waals surface area (Å²) in [5, 5.41) is 0. The maximum Gasteiger partial charge on any atom is 0.258 e. The van der Waals surface area contributed by atoms with E-state index in [2.05, 4.69) is 5.48 Å². The Balaban J connectivity index is 1.80. The predicted molar refractivity (Wildman–Crippen MR) is 93.7 cm³/mol. The number of nitrogens with zero attached hydrogens (tertiary/aromatic N) is 1. The molecule has 1 unspecified atom stereocenters. The van der Waals surface area contributed by atoms with Crippen molar-refractivity contribution in [3.8, 4) is 11.1 Å². The van der Waals surface area contributed by atoms with Gasteiger partial charge in [-0.05, 0) is 23.3 Å². The van der Waals surface area contributed by atoms with E-state index in [1.54, 1.807) is 18.2 Å². The van der Waals surface area contributed by atoms with Crippen LogP contribution in [0.3, 0.4) is 0 Å². The number of carbonyl (C=O) groups excluding carboxylic acids is 1. The van der Waals surface area contributed by atoms with Crippen LogP contribution in [0.2, 0.25) is 0 Å². The number of carbonyl (C=O) groups is 1. The smallest absolute Gasteiger partial charge is 0.258 e. The van der Waals surface area contributed by atoms with Gasteiger partial charge in [0, 0.05) is 24.7 Å². The molecule has 0 aliphatic carbocycles. The summed E-state index contributed by atoms with van der Waals surface area (Å²) in [5.74, 6) is -0.0574. The maximum atomic E-state index is 12.8. The molecule has 5 heteroatoms. The fourth-order valence-electron chi connectivity index (χ4n) is 2.88. The van der Waals surface area contributed by atoms with Crippen molar-refractivity contribution >= 4 is 5.91 Å². The summed E-state index contributed by atoms with van der Waals surface area (Å²) in [7, 11) is 1.55. The second-order valence-corrected chi connectivity index (χ2v) is 5.71. The Morgan fingerprint density at radius 2 is 1.83 bits per heavy atom. The van der Waals surface area contributed by atoms with Crippen LogP contribution in [0.25, 0.3) is 11.1 Å². The number of nitrogens with one attached hydrogen (secondary N) is 1. The monoisotopic (exact) mass is 323 g/mol. The van der Waals surface area contributed by atoms with Crippen molar-refractivity contribution in [3.63, 3.8) is 0 Å². The number of amides is 1. The van der Waals surface area contributed by atoms with Crippen LogP contribution in [0.5, 0.6) is 0 Å². The van der Waals surface area contributed by atoms with Crippen LogP contribution in [0.4, 0.5) is 0 Å². The summed E-state index contributed by atoms with van der Waals surface area (Å²) in [6.07, 6.45) is 2.44. The molecule has 24 heavy (non-hydrogen) atoms. The molecule has 0 saturated carbocycles. The number of benzene rings is 2. The highest BCUT2D eigenvalue weighted by Gasteiger charge is 2.29. The Hall–Kier alpha value is -2.63. The highest BCUT2D eigenvalue weighted by molar-refractivity contribution is 5.96. The third-order valence-corrected chi connectivity index (χ3v) is 4.12. The van der Waals surface area contributed by atoms with Crippen molar-refractivity contribution in [1.82, 2.24) is 10.4 Å². The minimum absolute atomic E-state index is 0.0519. The highest BCUT2D eigenvalue weighted by Crippen LogP contribution is 2.24. The molecular formula is C19H21N3O2. The molecule has 0 radical (unpaired) electrons. The first-order valence-corrected chi connectivity index (χ1v) is 7.91. The van der Waals surface area contributed by atoms with E-state index in [1.807, 2.05) is 54.6 Å². The molecule has 0 fully saturated rings. The first kappa shape index (κ1) is 16.2. The second-order valence-electron chi connectivity index (χ2n) is 5.71. The number of hydroxylamine groups is 1. The number of rotatable bonds is 5. The zero-order valence-corrected chi connectivity index (χ0v) is 13.6. The third kappa shape index (κ3) is 3.32. The Kier molecular flexibility index (Phi) is 4.93. The topological polar surface area (TPSA) is 67.6 Å². The van der Waals surface area contributed by atoms with Crippen LogP contribution < -0.4 is 11.2 Å². The molecule has 3 N–H and O–H groups in total. The Labute approximate surface area is 141 Å². The van der Waals surface area contributed by atoms with E-state index in [-0.39, 0.29) is 11.9 Å². The van der Waals surface area contributed by atoms with Gasteiger partial charge in [-0.2, -0.15) is 0 Å². The lowest BCUT2D eigenvalue weighted by Gasteiger charge is -2.22. The molecule has 1 heterocycles. The minimum atomic E-state index is -0.0574. The van der Waals surface area contributed by atoms with Crippen LogP contribution in [0.15, 0.2) is 66.5 Å². The van der Waals surface area contributed by atoms with Crippen molar-refractivity contribution in [2.75, 3.05) is 13.7 Å². The number of hydrogen-bond acceptors (Lipinski definition) is 4. The summed E-state index contributed by atoms with van der Waals surface area (Å²) in [5.41, 5.74) is 12.3. The molecule has 0 spiro atoms. The maximum absolute atomic E-state index is 12.8. The zero-order chi connectivity index (χ0) is 16.9. The van der Waals surface area contributed by atoms with Gasteiger partial charge in [0.2, 0.25) is 0 Å². The third-order valence-electron chi connectivity index (χ3n) is 4.12. The standard InChI is InChI=1S/C19H21N3O2/c1-24-21-17-11-18(12-20)22(13-17)19(23)16-9-7-15(8-10-16)14-5-3-2-4-6-14/h2-10,13,18,21H,11-12,20H2,1H3. The lowest BCUT2D eigenvalue weighted by Crippen LogP contribution is -2.38. The Bertz CT molecular complexity index is 726. The summed E-state index contributed by atoms with van der Waals surface area (Å²) >= 11 is 0. The SMILES string of the molecule is CONC1=CN(C(=O)c2ccc(-c3ccccc3)cc2)C(CN)C1. The van der Waals surface area contributed by atoms with E-state index >= 15 is 0 Å². The quantitative estimate of drug-likeness (QED) is 0.830. The van der Waals surface area contributed by atoms with E-state index in [0.717, 1.165) is 16.8 Å². The van der Waals surface area contributed by atoms with Gasteiger partial charge >= 0.3 is 0 Å². The van der Waals surface area contributed by atoms with E-state index in [0.29, 0.717) is 18.5 Å². The van der Waals surface area contributed by atoms with Gasteiger partial charge in [-0.3, -0.25) is 15.1 Å². The van der Waals surface area contributed by atoms with E-state index < -0.39 is 0 Å². The molecule has 2 aromatic carbocycles.